The van der Waals surface area contributed by atoms with Crippen LogP contribution in [0.4, 0.5) is 4.39 Å². The number of rotatable bonds is 5. The molecule has 0 aliphatic carbocycles. The molecule has 92 valence electrons. The average molecular weight is 238 g/mol. The fourth-order valence-electron chi connectivity index (χ4n) is 1.78. The Kier molecular flexibility index (Phi) is 4.75. The summed E-state index contributed by atoms with van der Waals surface area (Å²) in [6.45, 7) is 3.46. The van der Waals surface area contributed by atoms with Gasteiger partial charge in [-0.2, -0.15) is 0 Å². The maximum atomic E-state index is 13.2. The number of halogens is 1. The van der Waals surface area contributed by atoms with Crippen LogP contribution in [0.15, 0.2) is 29.8 Å². The highest BCUT2D eigenvalue weighted by molar-refractivity contribution is 6.46. The maximum Gasteiger partial charge on any atom is 0.210 e. The number of allylic oxidation sites excluding steroid dienone is 3. The Morgan fingerprint density at radius 3 is 2.82 bits per heavy atom. The van der Waals surface area contributed by atoms with Gasteiger partial charge >= 0.3 is 0 Å². The highest BCUT2D eigenvalue weighted by Crippen LogP contribution is 2.20. The van der Waals surface area contributed by atoms with Crippen LogP contribution in [0.3, 0.4) is 0 Å². The van der Waals surface area contributed by atoms with Crippen LogP contribution in [0.5, 0.6) is 0 Å². The van der Waals surface area contributed by atoms with Gasteiger partial charge in [0.2, 0.25) is 12.2 Å². The van der Waals surface area contributed by atoms with Gasteiger partial charge in [-0.05, 0) is 6.08 Å². The minimum absolute atomic E-state index is 0.0257. The molecule has 5 heteroatoms. The monoisotopic (exact) mass is 238 g/mol. The number of likely N-dealkylation sites (tertiary alicyclic amines) is 1. The van der Waals surface area contributed by atoms with Crippen LogP contribution < -0.4 is 0 Å². The first-order valence-electron chi connectivity index (χ1n) is 5.29. The molecule has 0 unspecified atom stereocenters. The molecule has 1 saturated heterocycles. The zero-order valence-electron chi connectivity index (χ0n) is 9.67. The largest absolute Gasteiger partial charge is 0.332 e. The van der Waals surface area contributed by atoms with E-state index >= 15 is 0 Å². The molecule has 0 aromatic carbocycles. The Labute approximate surface area is 99.5 Å². The zero-order chi connectivity index (χ0) is 12.8. The molecule has 1 rings (SSSR count). The Bertz CT molecular complexity index is 377. The SMILES string of the molecule is C=C/C=C\C(=NC)C(=O)[C@@H]1C[C@@H](F)CN1C=O. The molecule has 2 atom stereocenters. The number of ketones is 1. The van der Waals surface area contributed by atoms with Gasteiger partial charge in [-0.25, -0.2) is 4.39 Å². The fraction of sp³-hybridized carbons (Fsp3) is 0.417. The molecule has 1 heterocycles. The summed E-state index contributed by atoms with van der Waals surface area (Å²) in [5, 5.41) is 0. The lowest BCUT2D eigenvalue weighted by Crippen LogP contribution is -2.38. The summed E-state index contributed by atoms with van der Waals surface area (Å²) in [6, 6.07) is -0.740. The predicted octanol–water partition coefficient (Wildman–Crippen LogP) is 0.937. The van der Waals surface area contributed by atoms with E-state index in [1.54, 1.807) is 6.08 Å². The molecule has 0 aromatic heterocycles. The number of hydrogen-bond donors (Lipinski definition) is 0. The summed E-state index contributed by atoms with van der Waals surface area (Å²) in [4.78, 5) is 27.8. The summed E-state index contributed by atoms with van der Waals surface area (Å²) < 4.78 is 13.2. The molecule has 1 aliphatic rings. The first kappa shape index (κ1) is 13.3. The van der Waals surface area contributed by atoms with Crippen molar-refractivity contribution in [3.8, 4) is 0 Å². The van der Waals surface area contributed by atoms with Gasteiger partial charge in [-0.3, -0.25) is 14.6 Å². The number of nitrogens with zero attached hydrogens (tertiary/aromatic N) is 2. The van der Waals surface area contributed by atoms with E-state index in [1.807, 2.05) is 0 Å². The fourth-order valence-corrected chi connectivity index (χ4v) is 1.78. The van der Waals surface area contributed by atoms with Gasteiger partial charge in [0.25, 0.3) is 0 Å². The number of amides is 1. The van der Waals surface area contributed by atoms with Crippen LogP contribution in [-0.4, -0.2) is 48.6 Å². The van der Waals surface area contributed by atoms with Crippen LogP contribution >= 0.6 is 0 Å². The second-order valence-corrected chi connectivity index (χ2v) is 3.72. The molecule has 1 aliphatic heterocycles. The van der Waals surface area contributed by atoms with Crippen molar-refractivity contribution in [2.45, 2.75) is 18.6 Å². The number of Topliss-reactive ketones (excluding diaryl/α,β-unsaturated/α-hetero) is 1. The number of carbonyl (C=O) groups is 2. The molecule has 0 N–H and O–H groups in total. The molecule has 4 nitrogen and oxygen atoms in total. The van der Waals surface area contributed by atoms with E-state index in [-0.39, 0.29) is 24.5 Å². The third kappa shape index (κ3) is 3.09. The number of carbonyl (C=O) groups excluding carboxylic acids is 2. The quantitative estimate of drug-likeness (QED) is 0.406. The van der Waals surface area contributed by atoms with Crippen LogP contribution in [0.2, 0.25) is 0 Å². The lowest BCUT2D eigenvalue weighted by atomic mass is 10.0. The van der Waals surface area contributed by atoms with E-state index in [0.717, 1.165) is 0 Å². The van der Waals surface area contributed by atoms with Gasteiger partial charge < -0.3 is 4.90 Å². The van der Waals surface area contributed by atoms with E-state index in [2.05, 4.69) is 11.6 Å². The van der Waals surface area contributed by atoms with E-state index < -0.39 is 12.2 Å². The van der Waals surface area contributed by atoms with Gasteiger partial charge in [-0.15, -0.1) is 0 Å². The van der Waals surface area contributed by atoms with Crippen LogP contribution in [-0.2, 0) is 9.59 Å². The van der Waals surface area contributed by atoms with E-state index in [0.29, 0.717) is 6.41 Å². The van der Waals surface area contributed by atoms with Crippen molar-refractivity contribution in [3.05, 3.63) is 24.8 Å². The molecular weight excluding hydrogens is 223 g/mol. The van der Waals surface area contributed by atoms with Crippen molar-refractivity contribution in [1.82, 2.24) is 4.90 Å². The van der Waals surface area contributed by atoms with Gasteiger partial charge in [-0.1, -0.05) is 18.7 Å². The lowest BCUT2D eigenvalue weighted by molar-refractivity contribution is -0.125. The topological polar surface area (TPSA) is 49.7 Å². The molecule has 1 amide bonds. The lowest BCUT2D eigenvalue weighted by Gasteiger charge is -2.17. The molecule has 17 heavy (non-hydrogen) atoms. The normalized spacial score (nSPS) is 25.3. The number of hydrogen-bond acceptors (Lipinski definition) is 3. The van der Waals surface area contributed by atoms with Crippen LogP contribution in [0, 0.1) is 0 Å². The third-order valence-corrected chi connectivity index (χ3v) is 2.61. The van der Waals surface area contributed by atoms with Gasteiger partial charge in [0.1, 0.15) is 11.9 Å². The van der Waals surface area contributed by atoms with E-state index in [9.17, 15) is 14.0 Å². The molecule has 1 fully saturated rings. The second kappa shape index (κ2) is 6.08. The van der Waals surface area contributed by atoms with Gasteiger partial charge in [0, 0.05) is 13.5 Å². The van der Waals surface area contributed by atoms with Crippen molar-refractivity contribution in [2.24, 2.45) is 4.99 Å². The summed E-state index contributed by atoms with van der Waals surface area (Å²) in [5.41, 5.74) is 0.218. The summed E-state index contributed by atoms with van der Waals surface area (Å²) in [6.07, 6.45) is 4.00. The Morgan fingerprint density at radius 2 is 2.29 bits per heavy atom. The first-order chi connectivity index (χ1) is 8.13. The number of aliphatic imine (C=N–C) groups is 1. The predicted molar refractivity (Wildman–Crippen MR) is 63.8 cm³/mol. The van der Waals surface area contributed by atoms with Crippen molar-refractivity contribution in [2.75, 3.05) is 13.6 Å². The molecular formula is C12H15FN2O2. The molecule has 0 radical (unpaired) electrons. The third-order valence-electron chi connectivity index (χ3n) is 2.61. The van der Waals surface area contributed by atoms with Crippen molar-refractivity contribution < 1.29 is 14.0 Å². The molecule has 0 bridgehead atoms. The van der Waals surface area contributed by atoms with E-state index in [1.165, 1.54) is 24.1 Å². The molecule has 0 saturated carbocycles. The summed E-state index contributed by atoms with van der Waals surface area (Å²) >= 11 is 0. The Morgan fingerprint density at radius 1 is 1.59 bits per heavy atom. The van der Waals surface area contributed by atoms with Crippen LogP contribution in [0.1, 0.15) is 6.42 Å². The Balaban J connectivity index is 2.84. The van der Waals surface area contributed by atoms with Crippen molar-refractivity contribution in [3.63, 3.8) is 0 Å². The standard InChI is InChI=1S/C12H15FN2O2/c1-3-4-5-10(14-2)12(17)11-6-9(13)7-15(11)8-16/h3-5,8-9,11H,1,6-7H2,2H3/b5-4-,14-10?/t9-,11+/m1/s1. The summed E-state index contributed by atoms with van der Waals surface area (Å²) in [7, 11) is 1.48. The van der Waals surface area contributed by atoms with Crippen molar-refractivity contribution >= 4 is 17.9 Å². The Hall–Kier alpha value is -1.78. The van der Waals surface area contributed by atoms with Gasteiger partial charge in [0.15, 0.2) is 0 Å². The molecule has 0 aromatic rings. The van der Waals surface area contributed by atoms with E-state index in [4.69, 9.17) is 0 Å². The van der Waals surface area contributed by atoms with Crippen LogP contribution in [0.25, 0.3) is 0 Å². The number of alkyl halides is 1. The minimum Gasteiger partial charge on any atom is -0.332 e. The summed E-state index contributed by atoms with van der Waals surface area (Å²) in [5.74, 6) is -0.335. The highest BCUT2D eigenvalue weighted by Gasteiger charge is 2.37. The second-order valence-electron chi connectivity index (χ2n) is 3.72. The first-order valence-corrected chi connectivity index (χ1v) is 5.29. The molecule has 0 spiro atoms. The van der Waals surface area contributed by atoms with Gasteiger partial charge in [0.05, 0.1) is 12.6 Å². The maximum absolute atomic E-state index is 13.2. The zero-order valence-corrected chi connectivity index (χ0v) is 9.67. The smallest absolute Gasteiger partial charge is 0.210 e. The van der Waals surface area contributed by atoms with Crippen molar-refractivity contribution in [1.29, 1.82) is 0 Å². The minimum atomic E-state index is -1.14. The average Bonchev–Trinajstić information content (AvgIpc) is 2.71. The highest BCUT2D eigenvalue weighted by atomic mass is 19.1.